The van der Waals surface area contributed by atoms with Gasteiger partial charge in [-0.1, -0.05) is 0 Å². The van der Waals surface area contributed by atoms with Gasteiger partial charge in [0.15, 0.2) is 0 Å². The van der Waals surface area contributed by atoms with Crippen LogP contribution in [0.3, 0.4) is 0 Å². The Balaban J connectivity index is 2.45. The summed E-state index contributed by atoms with van der Waals surface area (Å²) < 4.78 is 0.168. The number of carbonyl (C=O) groups is 1. The van der Waals surface area contributed by atoms with E-state index in [9.17, 15) is 4.79 Å². The molecule has 0 aromatic heterocycles. The normalized spacial score (nSPS) is 18.2. The molecule has 0 atom stereocenters. The highest BCUT2D eigenvalue weighted by molar-refractivity contribution is 7.99. The zero-order valence-corrected chi connectivity index (χ0v) is 8.70. The first-order chi connectivity index (χ1) is 5.55. The highest BCUT2D eigenvalue weighted by atomic mass is 32.2. The molecule has 0 spiro atoms. The third kappa shape index (κ3) is 2.30. The fourth-order valence-electron chi connectivity index (χ4n) is 1.19. The quantitative estimate of drug-likeness (QED) is 0.720. The predicted octanol–water partition coefficient (Wildman–Crippen LogP) is 1.15. The number of thioether (sulfide) groups is 1. The van der Waals surface area contributed by atoms with Crippen LogP contribution in [0.15, 0.2) is 0 Å². The molecule has 0 aliphatic carbocycles. The molecule has 0 aromatic rings. The van der Waals surface area contributed by atoms with Crippen molar-refractivity contribution < 1.29 is 4.79 Å². The van der Waals surface area contributed by atoms with Crippen molar-refractivity contribution in [1.29, 1.82) is 0 Å². The Morgan fingerprint density at radius 2 is 2.33 bits per heavy atom. The van der Waals surface area contributed by atoms with Gasteiger partial charge in [-0.2, -0.15) is 11.8 Å². The Labute approximate surface area is 77.9 Å². The van der Waals surface area contributed by atoms with Gasteiger partial charge >= 0.3 is 6.03 Å². The molecule has 12 heavy (non-hydrogen) atoms. The maximum absolute atomic E-state index is 11.2. The van der Waals surface area contributed by atoms with Crippen molar-refractivity contribution in [2.75, 3.05) is 25.9 Å². The van der Waals surface area contributed by atoms with E-state index in [-0.39, 0.29) is 10.8 Å². The van der Waals surface area contributed by atoms with Crippen LogP contribution in [0.1, 0.15) is 13.8 Å². The molecule has 1 rings (SSSR count). The van der Waals surface area contributed by atoms with E-state index in [0.717, 1.165) is 19.6 Å². The molecule has 1 aliphatic heterocycles. The van der Waals surface area contributed by atoms with Crippen LogP contribution in [0.5, 0.6) is 0 Å². The molecule has 1 saturated heterocycles. The fourth-order valence-corrected chi connectivity index (χ4v) is 1.47. The zero-order valence-electron chi connectivity index (χ0n) is 7.89. The van der Waals surface area contributed by atoms with E-state index in [0.29, 0.717) is 0 Å². The monoisotopic (exact) mass is 188 g/mol. The van der Waals surface area contributed by atoms with Crippen LogP contribution in [0.25, 0.3) is 0 Å². The second-order valence-corrected chi connectivity index (χ2v) is 5.13. The van der Waals surface area contributed by atoms with E-state index in [1.165, 1.54) is 0 Å². The highest BCUT2D eigenvalue weighted by Crippen LogP contribution is 2.22. The van der Waals surface area contributed by atoms with Crippen LogP contribution in [-0.2, 0) is 0 Å². The summed E-state index contributed by atoms with van der Waals surface area (Å²) in [5, 5.41) is 2.79. The molecule has 1 fully saturated rings. The van der Waals surface area contributed by atoms with Crippen LogP contribution in [0.2, 0.25) is 0 Å². The third-order valence-electron chi connectivity index (χ3n) is 2.07. The second-order valence-electron chi connectivity index (χ2n) is 3.62. The van der Waals surface area contributed by atoms with Gasteiger partial charge in [0, 0.05) is 24.4 Å². The maximum Gasteiger partial charge on any atom is 0.317 e. The highest BCUT2D eigenvalue weighted by Gasteiger charge is 2.26. The van der Waals surface area contributed by atoms with Gasteiger partial charge in [0.05, 0.1) is 0 Å². The van der Waals surface area contributed by atoms with Crippen LogP contribution in [-0.4, -0.2) is 41.6 Å². The maximum atomic E-state index is 11.2. The molecular formula is C8H16N2OS. The lowest BCUT2D eigenvalue weighted by atomic mass is 10.2. The first kappa shape index (κ1) is 9.71. The van der Waals surface area contributed by atoms with E-state index in [2.05, 4.69) is 25.4 Å². The van der Waals surface area contributed by atoms with Crippen LogP contribution >= 0.6 is 11.8 Å². The molecule has 70 valence electrons. The number of amides is 2. The SMILES string of the molecule is CSC(C)(C)CN1CCNC1=O. The molecule has 3 nitrogen and oxygen atoms in total. The van der Waals surface area contributed by atoms with Gasteiger partial charge in [0.1, 0.15) is 0 Å². The van der Waals surface area contributed by atoms with Crippen molar-refractivity contribution in [2.24, 2.45) is 0 Å². The van der Waals surface area contributed by atoms with Gasteiger partial charge in [-0.15, -0.1) is 0 Å². The van der Waals surface area contributed by atoms with Crippen molar-refractivity contribution in [3.63, 3.8) is 0 Å². The Hall–Kier alpha value is -0.380. The van der Waals surface area contributed by atoms with Gasteiger partial charge in [0.2, 0.25) is 0 Å². The molecule has 0 radical (unpaired) electrons. The number of carbonyl (C=O) groups excluding carboxylic acids is 1. The number of hydrogen-bond acceptors (Lipinski definition) is 2. The summed E-state index contributed by atoms with van der Waals surface area (Å²) in [5.41, 5.74) is 0. The molecule has 0 unspecified atom stereocenters. The minimum absolute atomic E-state index is 0.0807. The van der Waals surface area contributed by atoms with Crippen LogP contribution < -0.4 is 5.32 Å². The Morgan fingerprint density at radius 1 is 1.67 bits per heavy atom. The van der Waals surface area contributed by atoms with Crippen molar-refractivity contribution in [1.82, 2.24) is 10.2 Å². The lowest BCUT2D eigenvalue weighted by molar-refractivity contribution is 0.214. The lowest BCUT2D eigenvalue weighted by Crippen LogP contribution is -2.38. The zero-order chi connectivity index (χ0) is 9.19. The second kappa shape index (κ2) is 3.56. The first-order valence-corrected chi connectivity index (χ1v) is 5.35. The van der Waals surface area contributed by atoms with Crippen molar-refractivity contribution in [3.05, 3.63) is 0 Å². The predicted molar refractivity (Wildman–Crippen MR) is 52.6 cm³/mol. The van der Waals surface area contributed by atoms with Crippen LogP contribution in [0.4, 0.5) is 4.79 Å². The summed E-state index contributed by atoms with van der Waals surface area (Å²) in [6.07, 6.45) is 2.08. The summed E-state index contributed by atoms with van der Waals surface area (Å²) in [6, 6.07) is 0.0807. The van der Waals surface area contributed by atoms with E-state index in [4.69, 9.17) is 0 Å². The van der Waals surface area contributed by atoms with E-state index in [1.54, 1.807) is 11.8 Å². The first-order valence-electron chi connectivity index (χ1n) is 4.13. The lowest BCUT2D eigenvalue weighted by Gasteiger charge is -2.27. The average Bonchev–Trinajstić information content (AvgIpc) is 2.36. The summed E-state index contributed by atoms with van der Waals surface area (Å²) >= 11 is 1.79. The fraction of sp³-hybridized carbons (Fsp3) is 0.875. The number of nitrogens with one attached hydrogen (secondary N) is 1. The largest absolute Gasteiger partial charge is 0.336 e. The summed E-state index contributed by atoms with van der Waals surface area (Å²) in [5.74, 6) is 0. The van der Waals surface area contributed by atoms with Crippen molar-refractivity contribution in [2.45, 2.75) is 18.6 Å². The van der Waals surface area contributed by atoms with Crippen molar-refractivity contribution >= 4 is 17.8 Å². The molecule has 0 aromatic carbocycles. The molecule has 1 heterocycles. The van der Waals surface area contributed by atoms with Gasteiger partial charge in [-0.25, -0.2) is 4.79 Å². The van der Waals surface area contributed by atoms with Gasteiger partial charge < -0.3 is 10.2 Å². The molecule has 2 amide bonds. The summed E-state index contributed by atoms with van der Waals surface area (Å²) in [4.78, 5) is 13.0. The van der Waals surface area contributed by atoms with Gasteiger partial charge in [0.25, 0.3) is 0 Å². The molecule has 0 bridgehead atoms. The number of hydrogen-bond donors (Lipinski definition) is 1. The average molecular weight is 188 g/mol. The number of rotatable bonds is 3. The van der Waals surface area contributed by atoms with E-state index < -0.39 is 0 Å². The topological polar surface area (TPSA) is 32.3 Å². The molecule has 4 heteroatoms. The van der Waals surface area contributed by atoms with E-state index in [1.807, 2.05) is 4.90 Å². The Morgan fingerprint density at radius 3 is 2.75 bits per heavy atom. The molecule has 1 N–H and O–H groups in total. The Kier molecular flexibility index (Phi) is 2.88. The van der Waals surface area contributed by atoms with Crippen molar-refractivity contribution in [3.8, 4) is 0 Å². The standard InChI is InChI=1S/C8H16N2OS/c1-8(2,12-3)6-10-5-4-9-7(10)11/h4-6H2,1-3H3,(H,9,11). The Bertz CT molecular complexity index is 182. The smallest absolute Gasteiger partial charge is 0.317 e. The van der Waals surface area contributed by atoms with E-state index >= 15 is 0 Å². The third-order valence-corrected chi connectivity index (χ3v) is 3.30. The summed E-state index contributed by atoms with van der Waals surface area (Å²) in [7, 11) is 0. The number of nitrogens with zero attached hydrogens (tertiary/aromatic N) is 1. The van der Waals surface area contributed by atoms with Gasteiger partial charge in [-0.05, 0) is 20.1 Å². The number of urea groups is 1. The molecule has 0 saturated carbocycles. The minimum Gasteiger partial charge on any atom is -0.336 e. The van der Waals surface area contributed by atoms with Crippen LogP contribution in [0, 0.1) is 0 Å². The molecule has 1 aliphatic rings. The minimum atomic E-state index is 0.0807. The summed E-state index contributed by atoms with van der Waals surface area (Å²) in [6.45, 7) is 6.79. The molecular weight excluding hydrogens is 172 g/mol. The van der Waals surface area contributed by atoms with Gasteiger partial charge in [-0.3, -0.25) is 0 Å².